The minimum Gasteiger partial charge on any atom is -1.00 e. The SMILES string of the molecule is C1CCOC1.CC1=C(O)C(=O)C=C2C1=CC=C1[C@@]2(C)CC[C@@]2(C)[C@@H]3C[C@](C)(CO)CC[C@]3(C)CC[C@]12C.CCOC(=O)[C@]1(C)CC[C@]2(C)CC[C@]3(C)C4=CC=C5C(=CC(=O)C(O)=C5C)[C@]4(C)CC[C@@]3(C)[C@@H]2C1.CO.Cc1c(O)c(O)cc2c1CC=C1[C@@]2(C)CC[C@@]2(C)[C@@H]3C[C@](C)(CO)CC[C@]3(C)CC[C@]12C.O=O.[AlH3].[H-].[Li+]. The summed E-state index contributed by atoms with van der Waals surface area (Å²) in [6.45, 7) is 46.9. The number of aliphatic hydroxyl groups excluding tert-OH is 5. The summed E-state index contributed by atoms with van der Waals surface area (Å²) in [5.74, 6) is 0.898. The fourth-order valence-electron chi connectivity index (χ4n) is 27.0. The zero-order valence-corrected chi connectivity index (χ0v) is 70.8. The number of aromatic hydroxyl groups is 2. The van der Waals surface area contributed by atoms with E-state index in [9.17, 15) is 45.0 Å². The van der Waals surface area contributed by atoms with Gasteiger partial charge in [-0.05, 0) is 323 Å². The Morgan fingerprint density at radius 1 is 0.509 bits per heavy atom. The van der Waals surface area contributed by atoms with E-state index in [4.69, 9.17) is 24.5 Å². The van der Waals surface area contributed by atoms with Gasteiger partial charge in [-0.1, -0.05) is 144 Å². The first-order valence-electron chi connectivity index (χ1n) is 41.5. The normalized spacial score (nSPS) is 42.5. The van der Waals surface area contributed by atoms with Crippen molar-refractivity contribution in [2.45, 2.75) is 291 Å². The van der Waals surface area contributed by atoms with Crippen molar-refractivity contribution in [3.8, 4) is 11.5 Å². The molecule has 1 heterocycles. The van der Waals surface area contributed by atoms with Crippen LogP contribution in [0.3, 0.4) is 0 Å². The Hall–Kier alpha value is -4.54. The monoisotopic (exact) mass is 1530 g/mol. The van der Waals surface area contributed by atoms with Crippen molar-refractivity contribution in [3.63, 3.8) is 0 Å². The molecule has 0 aromatic heterocycles. The van der Waals surface area contributed by atoms with Gasteiger partial charge in [-0.2, -0.15) is 0 Å². The van der Waals surface area contributed by atoms with Gasteiger partial charge in [0.05, 0.1) is 12.0 Å². The van der Waals surface area contributed by atoms with Crippen LogP contribution in [0.25, 0.3) is 0 Å². The molecule has 110 heavy (non-hydrogen) atoms. The van der Waals surface area contributed by atoms with E-state index < -0.39 is 5.41 Å². The molecule has 1 aliphatic heterocycles. The second kappa shape index (κ2) is 30.8. The average Bonchev–Trinajstić information content (AvgIpc) is 0.718. The molecule has 0 bridgehead atoms. The number of phenols is 2. The van der Waals surface area contributed by atoms with Crippen LogP contribution in [0.4, 0.5) is 0 Å². The zero-order chi connectivity index (χ0) is 79.8. The predicted octanol–water partition coefficient (Wildman–Crippen LogP) is 16.7. The summed E-state index contributed by atoms with van der Waals surface area (Å²) in [4.78, 5) is 52.3. The summed E-state index contributed by atoms with van der Waals surface area (Å²) < 4.78 is 10.5. The molecule has 1 aromatic carbocycles. The zero-order valence-electron chi connectivity index (χ0n) is 71.8. The minimum absolute atomic E-state index is 0. The van der Waals surface area contributed by atoms with E-state index in [1.54, 1.807) is 17.7 Å². The number of benzene rings is 1. The summed E-state index contributed by atoms with van der Waals surface area (Å²) in [5.41, 5.74) is 14.0. The van der Waals surface area contributed by atoms with Gasteiger partial charge in [0.2, 0.25) is 11.6 Å². The van der Waals surface area contributed by atoms with Crippen LogP contribution < -0.4 is 18.9 Å². The fourth-order valence-corrected chi connectivity index (χ4v) is 27.0. The molecule has 9 saturated carbocycles. The molecule has 16 heteroatoms. The summed E-state index contributed by atoms with van der Waals surface area (Å²) in [6, 6.07) is 1.85. The Morgan fingerprint density at radius 2 is 0.882 bits per heavy atom. The van der Waals surface area contributed by atoms with Gasteiger partial charge in [-0.15, -0.1) is 0 Å². The van der Waals surface area contributed by atoms with Crippen LogP contribution in [0.5, 0.6) is 11.5 Å². The van der Waals surface area contributed by atoms with Gasteiger partial charge in [-0.3, -0.25) is 14.4 Å². The van der Waals surface area contributed by atoms with E-state index >= 15 is 0 Å². The largest absolute Gasteiger partial charge is 1.00 e. The number of carbonyl (C=O) groups excluding carboxylic acids is 3. The maximum atomic E-state index is 13.1. The smallest absolute Gasteiger partial charge is 1.00 e. The minimum atomic E-state index is -0.423. The quantitative estimate of drug-likeness (QED) is 0.0642. The molecule has 0 unspecified atom stereocenters. The third kappa shape index (κ3) is 13.3. The van der Waals surface area contributed by atoms with Gasteiger partial charge >= 0.3 is 24.8 Å². The molecule has 0 amide bonds. The Kier molecular flexibility index (Phi) is 25.0. The first-order chi connectivity index (χ1) is 50.4. The number of esters is 1. The van der Waals surface area contributed by atoms with E-state index in [1.165, 1.54) is 80.1 Å². The molecule has 15 aliphatic rings. The van der Waals surface area contributed by atoms with Crippen LogP contribution in [0.2, 0.25) is 0 Å². The van der Waals surface area contributed by atoms with E-state index in [1.807, 2.05) is 33.8 Å². The molecule has 1 aromatic rings. The van der Waals surface area contributed by atoms with Crippen molar-refractivity contribution >= 4 is 34.9 Å². The maximum Gasteiger partial charge on any atom is 1.00 e. The number of hydrogen-bond donors (Lipinski definition) is 7. The molecule has 1 saturated heterocycles. The molecular weight excluding hydrogens is 1390 g/mol. The molecule has 7 N–H and O–H groups in total. The fraction of sp³-hybridized carbons (Fsp3) is 0.713. The summed E-state index contributed by atoms with van der Waals surface area (Å²) in [6.07, 6.45) is 41.6. The second-order valence-electron chi connectivity index (χ2n) is 40.8. The van der Waals surface area contributed by atoms with Crippen molar-refractivity contribution in [1.82, 2.24) is 0 Å². The summed E-state index contributed by atoms with van der Waals surface area (Å²) in [7, 11) is 1.00. The van der Waals surface area contributed by atoms with E-state index in [2.05, 4.69) is 134 Å². The Labute approximate surface area is 683 Å². The van der Waals surface area contributed by atoms with Crippen molar-refractivity contribution in [2.75, 3.05) is 40.1 Å². The number of allylic oxidation sites excluding steroid dienone is 16. The van der Waals surface area contributed by atoms with Crippen LogP contribution >= 0.6 is 0 Å². The van der Waals surface area contributed by atoms with E-state index in [-0.39, 0.29) is 150 Å². The van der Waals surface area contributed by atoms with Crippen LogP contribution in [-0.2, 0) is 35.7 Å². The average molecular weight is 1530 g/mol. The number of ketones is 2. The van der Waals surface area contributed by atoms with Gasteiger partial charge in [-0.25, -0.2) is 0 Å². The first-order valence-corrected chi connectivity index (χ1v) is 41.5. The van der Waals surface area contributed by atoms with Gasteiger partial charge in [0.1, 0.15) is 0 Å². The van der Waals surface area contributed by atoms with E-state index in [0.29, 0.717) is 52.9 Å². The van der Waals surface area contributed by atoms with Gasteiger partial charge in [0.25, 0.3) is 0 Å². The molecule has 14 aliphatic carbocycles. The number of fused-ring (bicyclic) bond motifs is 21. The van der Waals surface area contributed by atoms with Gasteiger partial charge in [0.15, 0.2) is 40.4 Å². The number of phenolic OH excluding ortho intramolecular Hbond substituents is 2. The third-order valence-corrected chi connectivity index (χ3v) is 35.4. The van der Waals surface area contributed by atoms with Gasteiger partial charge < -0.3 is 46.6 Å². The molecule has 0 spiro atoms. The Bertz CT molecular complexity index is 4110. The van der Waals surface area contributed by atoms with Crippen molar-refractivity contribution in [3.05, 3.63) is 137 Å². The summed E-state index contributed by atoms with van der Waals surface area (Å²) >= 11 is 0. The molecule has 16 rings (SSSR count). The number of rotatable bonds is 4. The third-order valence-electron chi connectivity index (χ3n) is 35.4. The predicted molar refractivity (Wildman–Crippen MR) is 441 cm³/mol. The van der Waals surface area contributed by atoms with Crippen LogP contribution in [0, 0.1) is 110 Å². The Balaban J connectivity index is 0.000000195. The molecular formula is C94H140AlLiO14. The van der Waals surface area contributed by atoms with Crippen LogP contribution in [0.1, 0.15) is 290 Å². The number of ether oxygens (including phenoxy) is 2. The number of carbonyl (C=O) groups is 3. The van der Waals surface area contributed by atoms with Crippen molar-refractivity contribution in [1.29, 1.82) is 0 Å². The molecule has 0 radical (unpaired) electrons. The molecule has 14 nitrogen and oxygen atoms in total. The van der Waals surface area contributed by atoms with E-state index in [0.717, 1.165) is 144 Å². The van der Waals surface area contributed by atoms with Crippen LogP contribution in [-0.4, -0.2) is 111 Å². The topological polar surface area (TPSA) is 245 Å². The molecule has 10 fully saturated rings. The molecule has 18 atom stereocenters. The first kappa shape index (κ1) is 89.4. The summed E-state index contributed by atoms with van der Waals surface area (Å²) in [5, 5.41) is 68.9. The van der Waals surface area contributed by atoms with Crippen LogP contribution in [0.15, 0.2) is 110 Å². The van der Waals surface area contributed by atoms with Crippen molar-refractivity contribution < 1.29 is 79.9 Å². The second-order valence-corrected chi connectivity index (χ2v) is 40.8. The van der Waals surface area contributed by atoms with Crippen molar-refractivity contribution in [2.24, 2.45) is 93.6 Å². The Morgan fingerprint density at radius 3 is 1.26 bits per heavy atom. The number of hydrogen-bond acceptors (Lipinski definition) is 14. The molecule has 604 valence electrons. The maximum absolute atomic E-state index is 13.1. The van der Waals surface area contributed by atoms with Gasteiger partial charge in [0, 0.05) is 70.9 Å². The standard InChI is InChI=1S/C31H42O4.C29H42O3.C29H40O3.C4H8O.CH4O.Al.Li.O2.4H/c1-8-35-26(34)28(4)12-11-27(3)13-15-30(6)23-10-9-20-19(2)25(33)22(32)17-21(20)29(23,5)14-16-31(30,7)24(27)18-28;2*1-18-19-7-8-22-27(4,20(19)15-21(31)24(18)32)12-14-29(6)23-16-25(2,17-30)9-10-26(23,3)11-13-28(22,29)5;1-2-4-5-3-1;1-2;;;1-2;;;;/h9-10,17,24,33H,8,11-16,18H2,1-7H3;8,15,23,30-32H,7,9-14,16-17H2,1-6H3;7-8,15,23,30,32H,9-14,16-17H2,1-6H3;1-4H2;2H,1H3;;;;;;;/q;;;;;;+1;;;;;-1/t24-,27-,28-,29+,30-,31+;2*23-,25-,26-,27+,28-,29+;;;;;;;;;/m111........./s1. The number of aliphatic hydroxyl groups is 5.